The molecule has 0 spiro atoms. The summed E-state index contributed by atoms with van der Waals surface area (Å²) in [7, 11) is 1.61. The van der Waals surface area contributed by atoms with Gasteiger partial charge in [0.25, 0.3) is 0 Å². The maximum absolute atomic E-state index is 12.0. The lowest BCUT2D eigenvalue weighted by Gasteiger charge is -2.16. The molecular formula is C15H20O4. The lowest BCUT2D eigenvalue weighted by Crippen LogP contribution is -2.21. The zero-order valence-electron chi connectivity index (χ0n) is 11.6. The van der Waals surface area contributed by atoms with E-state index in [9.17, 15) is 4.79 Å². The highest BCUT2D eigenvalue weighted by Crippen LogP contribution is 2.25. The normalized spacial score (nSPS) is 21.3. The van der Waals surface area contributed by atoms with E-state index in [-0.39, 0.29) is 11.9 Å². The van der Waals surface area contributed by atoms with Crippen LogP contribution in [0.4, 0.5) is 0 Å². The highest BCUT2D eigenvalue weighted by Gasteiger charge is 2.32. The Morgan fingerprint density at radius 1 is 1.37 bits per heavy atom. The van der Waals surface area contributed by atoms with E-state index in [0.717, 1.165) is 5.75 Å². The Hall–Kier alpha value is -1.39. The molecule has 1 aromatic carbocycles. The van der Waals surface area contributed by atoms with Crippen LogP contribution in [0.15, 0.2) is 24.3 Å². The largest absolute Gasteiger partial charge is 0.497 e. The van der Waals surface area contributed by atoms with Crippen molar-refractivity contribution in [3.63, 3.8) is 0 Å². The predicted octanol–water partition coefficient (Wildman–Crippen LogP) is 2.81. The smallest absolute Gasteiger partial charge is 0.163 e. The number of carbonyl (C=O) groups excluding carboxylic acids is 1. The molecule has 2 rings (SSSR count). The van der Waals surface area contributed by atoms with Crippen molar-refractivity contribution in [3.05, 3.63) is 29.8 Å². The van der Waals surface area contributed by atoms with E-state index in [1.165, 1.54) is 0 Å². The molecule has 0 saturated carbocycles. The van der Waals surface area contributed by atoms with Crippen LogP contribution in [0.3, 0.4) is 0 Å². The second kappa shape index (κ2) is 5.72. The fourth-order valence-electron chi connectivity index (χ4n) is 2.12. The average Bonchev–Trinajstić information content (AvgIpc) is 2.76. The van der Waals surface area contributed by atoms with Crippen LogP contribution >= 0.6 is 0 Å². The van der Waals surface area contributed by atoms with Gasteiger partial charge in [0.15, 0.2) is 11.6 Å². The Morgan fingerprint density at radius 2 is 2.05 bits per heavy atom. The maximum atomic E-state index is 12.0. The second-order valence-electron chi connectivity index (χ2n) is 5.14. The molecule has 1 aromatic rings. The van der Waals surface area contributed by atoms with Gasteiger partial charge in [-0.2, -0.15) is 0 Å². The van der Waals surface area contributed by atoms with E-state index >= 15 is 0 Å². The van der Waals surface area contributed by atoms with Gasteiger partial charge >= 0.3 is 0 Å². The van der Waals surface area contributed by atoms with Crippen molar-refractivity contribution in [2.75, 3.05) is 13.7 Å². The van der Waals surface area contributed by atoms with Crippen molar-refractivity contribution in [1.82, 2.24) is 0 Å². The number of methoxy groups -OCH3 is 1. The first kappa shape index (κ1) is 14.0. The van der Waals surface area contributed by atoms with E-state index in [0.29, 0.717) is 25.0 Å². The van der Waals surface area contributed by atoms with Crippen molar-refractivity contribution in [2.45, 2.75) is 38.6 Å². The molecule has 1 heterocycles. The van der Waals surface area contributed by atoms with Gasteiger partial charge in [0.2, 0.25) is 0 Å². The molecule has 0 bridgehead atoms. The monoisotopic (exact) mass is 264 g/mol. The number of Topliss-reactive ketones (excluding diaryl/α,β-unsaturated/α-hetero) is 1. The first-order valence-corrected chi connectivity index (χ1v) is 6.49. The van der Waals surface area contributed by atoms with E-state index < -0.39 is 5.79 Å². The first-order chi connectivity index (χ1) is 9.00. The van der Waals surface area contributed by atoms with Crippen LogP contribution in [-0.4, -0.2) is 31.4 Å². The molecule has 0 radical (unpaired) electrons. The minimum absolute atomic E-state index is 0.0113. The third-order valence-corrected chi connectivity index (χ3v) is 3.17. The molecule has 19 heavy (non-hydrogen) atoms. The van der Waals surface area contributed by atoms with E-state index in [4.69, 9.17) is 14.2 Å². The summed E-state index contributed by atoms with van der Waals surface area (Å²) in [6.45, 7) is 4.33. The summed E-state index contributed by atoms with van der Waals surface area (Å²) in [4.78, 5) is 12.0. The lowest BCUT2D eigenvalue weighted by atomic mass is 10.0. The number of ether oxygens (including phenoxy) is 3. The summed E-state index contributed by atoms with van der Waals surface area (Å²) in [5.74, 6) is 0.357. The van der Waals surface area contributed by atoms with Crippen molar-refractivity contribution < 1.29 is 19.0 Å². The van der Waals surface area contributed by atoms with Gasteiger partial charge in [-0.1, -0.05) is 0 Å². The van der Waals surface area contributed by atoms with E-state index in [2.05, 4.69) is 0 Å². The Labute approximate surface area is 113 Å². The predicted molar refractivity (Wildman–Crippen MR) is 71.5 cm³/mol. The highest BCUT2D eigenvalue weighted by molar-refractivity contribution is 5.96. The van der Waals surface area contributed by atoms with Crippen LogP contribution in [0.1, 0.15) is 37.0 Å². The fourth-order valence-corrected chi connectivity index (χ4v) is 2.12. The van der Waals surface area contributed by atoms with Gasteiger partial charge in [-0.25, -0.2) is 0 Å². The number of hydrogen-bond donors (Lipinski definition) is 0. The van der Waals surface area contributed by atoms with Gasteiger partial charge in [-0.15, -0.1) is 0 Å². The first-order valence-electron chi connectivity index (χ1n) is 6.49. The summed E-state index contributed by atoms with van der Waals surface area (Å²) in [6.07, 6.45) is 1.17. The number of benzene rings is 1. The molecule has 0 aromatic heterocycles. The van der Waals surface area contributed by atoms with Gasteiger partial charge in [-0.05, 0) is 44.5 Å². The molecule has 104 valence electrons. The Bertz CT molecular complexity index is 436. The van der Waals surface area contributed by atoms with Gasteiger partial charge in [0, 0.05) is 12.0 Å². The second-order valence-corrected chi connectivity index (χ2v) is 5.14. The van der Waals surface area contributed by atoms with Crippen molar-refractivity contribution in [2.24, 2.45) is 0 Å². The third-order valence-electron chi connectivity index (χ3n) is 3.17. The molecule has 0 N–H and O–H groups in total. The zero-order chi connectivity index (χ0) is 13.9. The van der Waals surface area contributed by atoms with Crippen molar-refractivity contribution in [1.29, 1.82) is 0 Å². The quantitative estimate of drug-likeness (QED) is 0.767. The lowest BCUT2D eigenvalue weighted by molar-refractivity contribution is -0.138. The van der Waals surface area contributed by atoms with Crippen LogP contribution in [0, 0.1) is 0 Å². The summed E-state index contributed by atoms with van der Waals surface area (Å²) in [6, 6.07) is 7.17. The van der Waals surface area contributed by atoms with Crippen LogP contribution < -0.4 is 4.74 Å². The van der Waals surface area contributed by atoms with Gasteiger partial charge in [0.1, 0.15) is 5.75 Å². The minimum Gasteiger partial charge on any atom is -0.497 e. The molecular weight excluding hydrogens is 244 g/mol. The fraction of sp³-hybridized carbons (Fsp3) is 0.533. The standard InChI is InChI=1S/C15H20O4/c1-15(2)18-10-13(19-15)8-9-14(16)11-4-6-12(17-3)7-5-11/h4-7,13H,8-10H2,1-3H3. The zero-order valence-corrected chi connectivity index (χ0v) is 11.6. The summed E-state index contributed by atoms with van der Waals surface area (Å²) in [5.41, 5.74) is 0.707. The molecule has 1 unspecified atom stereocenters. The number of hydrogen-bond acceptors (Lipinski definition) is 4. The molecule has 1 atom stereocenters. The molecule has 4 heteroatoms. The summed E-state index contributed by atoms with van der Waals surface area (Å²) >= 11 is 0. The minimum atomic E-state index is -0.520. The SMILES string of the molecule is COc1ccc(C(=O)CCC2COC(C)(C)O2)cc1. The van der Waals surface area contributed by atoms with Crippen LogP contribution in [0.2, 0.25) is 0 Å². The Morgan fingerprint density at radius 3 is 2.58 bits per heavy atom. The Balaban J connectivity index is 1.84. The van der Waals surface area contributed by atoms with Gasteiger partial charge in [0.05, 0.1) is 19.8 Å². The molecule has 4 nitrogen and oxygen atoms in total. The summed E-state index contributed by atoms with van der Waals surface area (Å²) in [5, 5.41) is 0. The highest BCUT2D eigenvalue weighted by atomic mass is 16.7. The van der Waals surface area contributed by atoms with Crippen LogP contribution in [0.25, 0.3) is 0 Å². The molecule has 0 aliphatic carbocycles. The Kier molecular flexibility index (Phi) is 4.22. The molecule has 1 aliphatic heterocycles. The van der Waals surface area contributed by atoms with Gasteiger partial charge < -0.3 is 14.2 Å². The number of rotatable bonds is 5. The van der Waals surface area contributed by atoms with Gasteiger partial charge in [-0.3, -0.25) is 4.79 Å². The number of ketones is 1. The van der Waals surface area contributed by atoms with E-state index in [1.807, 2.05) is 13.8 Å². The summed E-state index contributed by atoms with van der Waals surface area (Å²) < 4.78 is 16.2. The average molecular weight is 264 g/mol. The molecule has 1 fully saturated rings. The van der Waals surface area contributed by atoms with Crippen molar-refractivity contribution >= 4 is 5.78 Å². The topological polar surface area (TPSA) is 44.8 Å². The van der Waals surface area contributed by atoms with Crippen LogP contribution in [0.5, 0.6) is 5.75 Å². The molecule has 1 aliphatic rings. The van der Waals surface area contributed by atoms with E-state index in [1.54, 1.807) is 31.4 Å². The maximum Gasteiger partial charge on any atom is 0.163 e. The van der Waals surface area contributed by atoms with Crippen LogP contribution in [-0.2, 0) is 9.47 Å². The molecule has 1 saturated heterocycles. The molecule has 0 amide bonds. The number of carbonyl (C=O) groups is 1. The van der Waals surface area contributed by atoms with Crippen molar-refractivity contribution in [3.8, 4) is 5.75 Å². The third kappa shape index (κ3) is 3.78.